The Morgan fingerprint density at radius 2 is 2.25 bits per heavy atom. The first-order valence-corrected chi connectivity index (χ1v) is 4.07. The van der Waals surface area contributed by atoms with Crippen molar-refractivity contribution >= 4 is 5.91 Å². The van der Waals surface area contributed by atoms with Crippen molar-refractivity contribution in [3.8, 4) is 0 Å². The minimum atomic E-state index is -0.218. The Morgan fingerprint density at radius 3 is 3.00 bits per heavy atom. The number of carbonyl (C=O) groups excluding carboxylic acids is 1. The van der Waals surface area contributed by atoms with Gasteiger partial charge in [-0.3, -0.25) is 4.79 Å². The molecule has 0 aliphatic carbocycles. The van der Waals surface area contributed by atoms with Crippen molar-refractivity contribution in [1.82, 2.24) is 10.3 Å². The van der Waals surface area contributed by atoms with Crippen molar-refractivity contribution in [3.63, 3.8) is 0 Å². The summed E-state index contributed by atoms with van der Waals surface area (Å²) < 4.78 is 0. The van der Waals surface area contributed by atoms with E-state index in [-0.39, 0.29) is 11.4 Å². The van der Waals surface area contributed by atoms with Gasteiger partial charge < -0.3 is 10.3 Å². The van der Waals surface area contributed by atoms with Crippen LogP contribution in [-0.4, -0.2) is 10.9 Å². The molecule has 2 rings (SSSR count). The van der Waals surface area contributed by atoms with E-state index >= 15 is 0 Å². The van der Waals surface area contributed by atoms with Crippen LogP contribution in [0.1, 0.15) is 25.1 Å². The molecule has 2 heterocycles. The number of hydrogen-bond acceptors (Lipinski definition) is 1. The van der Waals surface area contributed by atoms with Crippen molar-refractivity contribution in [2.75, 3.05) is 0 Å². The molecule has 3 heteroatoms. The summed E-state index contributed by atoms with van der Waals surface area (Å²) in [5, 5.41) is 2.94. The molecule has 0 aromatic carbocycles. The van der Waals surface area contributed by atoms with E-state index in [9.17, 15) is 4.79 Å². The fraction of sp³-hybridized carbons (Fsp3) is 0.444. The lowest BCUT2D eigenvalue weighted by atomic mass is 9.90. The van der Waals surface area contributed by atoms with Gasteiger partial charge in [0.05, 0.1) is 12.0 Å². The number of amides is 1. The molecule has 1 aromatic rings. The minimum Gasteiger partial charge on any atom is -0.364 e. The fourth-order valence-electron chi connectivity index (χ4n) is 1.76. The highest BCUT2D eigenvalue weighted by molar-refractivity contribution is 5.81. The quantitative estimate of drug-likeness (QED) is 0.588. The highest BCUT2D eigenvalue weighted by atomic mass is 16.1. The standard InChI is InChI=1S/C9H12N2O/c1-9(2)6-3-4-10-7(6)5-8(12)11-9/h3-4,10H,5H2,1-2H3,(H,11,12). The SMILES string of the molecule is CC1(C)NC(=O)Cc2[nH]ccc21. The maximum absolute atomic E-state index is 11.2. The van der Waals surface area contributed by atoms with Crippen LogP contribution in [-0.2, 0) is 16.8 Å². The van der Waals surface area contributed by atoms with Gasteiger partial charge >= 0.3 is 0 Å². The van der Waals surface area contributed by atoms with Crippen LogP contribution in [0.3, 0.4) is 0 Å². The van der Waals surface area contributed by atoms with Crippen LogP contribution >= 0.6 is 0 Å². The van der Waals surface area contributed by atoms with Crippen molar-refractivity contribution in [1.29, 1.82) is 0 Å². The Kier molecular flexibility index (Phi) is 1.31. The monoisotopic (exact) mass is 164 g/mol. The summed E-state index contributed by atoms with van der Waals surface area (Å²) in [4.78, 5) is 14.3. The average Bonchev–Trinajstić information content (AvgIpc) is 2.32. The molecule has 0 radical (unpaired) electrons. The molecule has 0 saturated heterocycles. The summed E-state index contributed by atoms with van der Waals surface area (Å²) in [6.07, 6.45) is 2.36. The van der Waals surface area contributed by atoms with Gasteiger partial charge in [0.25, 0.3) is 0 Å². The Morgan fingerprint density at radius 1 is 1.50 bits per heavy atom. The molecular formula is C9H12N2O. The van der Waals surface area contributed by atoms with Crippen molar-refractivity contribution in [2.45, 2.75) is 25.8 Å². The fourth-order valence-corrected chi connectivity index (χ4v) is 1.76. The van der Waals surface area contributed by atoms with Gasteiger partial charge in [0, 0.05) is 11.9 Å². The Labute approximate surface area is 71.2 Å². The number of rotatable bonds is 0. The predicted molar refractivity (Wildman–Crippen MR) is 45.7 cm³/mol. The molecule has 3 nitrogen and oxygen atoms in total. The van der Waals surface area contributed by atoms with Gasteiger partial charge in [-0.25, -0.2) is 0 Å². The second-order valence-corrected chi connectivity index (χ2v) is 3.72. The number of hydrogen-bond donors (Lipinski definition) is 2. The lowest BCUT2D eigenvalue weighted by Gasteiger charge is -2.31. The molecule has 0 spiro atoms. The van der Waals surface area contributed by atoms with Crippen molar-refractivity contribution in [2.24, 2.45) is 0 Å². The summed E-state index contributed by atoms with van der Waals surface area (Å²) in [5.41, 5.74) is 2.02. The molecule has 0 unspecified atom stereocenters. The molecule has 1 aromatic heterocycles. The molecular weight excluding hydrogens is 152 g/mol. The minimum absolute atomic E-state index is 0.0925. The lowest BCUT2D eigenvalue weighted by Crippen LogP contribution is -2.45. The second-order valence-electron chi connectivity index (χ2n) is 3.72. The number of carbonyl (C=O) groups is 1. The lowest BCUT2D eigenvalue weighted by molar-refractivity contribution is -0.122. The zero-order valence-corrected chi connectivity index (χ0v) is 7.27. The number of fused-ring (bicyclic) bond motifs is 1. The molecule has 0 saturated carbocycles. The predicted octanol–water partition coefficient (Wildman–Crippen LogP) is 0.922. The molecule has 0 fully saturated rings. The van der Waals surface area contributed by atoms with E-state index in [4.69, 9.17) is 0 Å². The normalized spacial score (nSPS) is 20.0. The largest absolute Gasteiger partial charge is 0.364 e. The number of H-pyrrole nitrogens is 1. The molecule has 1 aliphatic rings. The van der Waals surface area contributed by atoms with E-state index in [2.05, 4.69) is 10.3 Å². The average molecular weight is 164 g/mol. The topological polar surface area (TPSA) is 44.9 Å². The number of aromatic nitrogens is 1. The van der Waals surface area contributed by atoms with E-state index in [0.717, 1.165) is 5.69 Å². The molecule has 0 atom stereocenters. The summed E-state index contributed by atoms with van der Waals surface area (Å²) in [5.74, 6) is 0.0925. The van der Waals surface area contributed by atoms with E-state index in [1.807, 2.05) is 26.1 Å². The van der Waals surface area contributed by atoms with Gasteiger partial charge in [-0.15, -0.1) is 0 Å². The summed E-state index contributed by atoms with van der Waals surface area (Å²) >= 11 is 0. The molecule has 2 N–H and O–H groups in total. The zero-order valence-electron chi connectivity index (χ0n) is 7.27. The van der Waals surface area contributed by atoms with E-state index in [1.54, 1.807) is 0 Å². The third kappa shape index (κ3) is 0.932. The first kappa shape index (κ1) is 7.40. The smallest absolute Gasteiger partial charge is 0.226 e. The summed E-state index contributed by atoms with van der Waals surface area (Å²) in [7, 11) is 0. The third-order valence-corrected chi connectivity index (χ3v) is 2.30. The van der Waals surface area contributed by atoms with E-state index < -0.39 is 0 Å². The Hall–Kier alpha value is -1.25. The Bertz CT molecular complexity index is 325. The zero-order chi connectivity index (χ0) is 8.77. The van der Waals surface area contributed by atoms with E-state index in [1.165, 1.54) is 5.56 Å². The first-order valence-electron chi connectivity index (χ1n) is 4.07. The maximum atomic E-state index is 11.2. The maximum Gasteiger partial charge on any atom is 0.226 e. The van der Waals surface area contributed by atoms with Crippen LogP contribution in [0.4, 0.5) is 0 Å². The molecule has 12 heavy (non-hydrogen) atoms. The Balaban J connectivity index is 2.52. The van der Waals surface area contributed by atoms with Gasteiger partial charge in [-0.2, -0.15) is 0 Å². The van der Waals surface area contributed by atoms with Gasteiger partial charge in [0.2, 0.25) is 5.91 Å². The second kappa shape index (κ2) is 2.12. The molecule has 1 aliphatic heterocycles. The van der Waals surface area contributed by atoms with Crippen molar-refractivity contribution in [3.05, 3.63) is 23.5 Å². The van der Waals surface area contributed by atoms with Gasteiger partial charge in [0.15, 0.2) is 0 Å². The highest BCUT2D eigenvalue weighted by Crippen LogP contribution is 2.26. The number of aromatic amines is 1. The van der Waals surface area contributed by atoms with Gasteiger partial charge in [-0.1, -0.05) is 0 Å². The van der Waals surface area contributed by atoms with Crippen molar-refractivity contribution < 1.29 is 4.79 Å². The van der Waals surface area contributed by atoms with Crippen LogP contribution in [0, 0.1) is 0 Å². The molecule has 0 bridgehead atoms. The summed E-state index contributed by atoms with van der Waals surface area (Å²) in [6.45, 7) is 4.02. The highest BCUT2D eigenvalue weighted by Gasteiger charge is 2.31. The number of nitrogens with one attached hydrogen (secondary N) is 2. The molecule has 64 valence electrons. The van der Waals surface area contributed by atoms with Gasteiger partial charge in [-0.05, 0) is 25.5 Å². The van der Waals surface area contributed by atoms with Crippen LogP contribution < -0.4 is 5.32 Å². The third-order valence-electron chi connectivity index (χ3n) is 2.30. The van der Waals surface area contributed by atoms with Gasteiger partial charge in [0.1, 0.15) is 0 Å². The van der Waals surface area contributed by atoms with Crippen LogP contribution in [0.5, 0.6) is 0 Å². The molecule has 1 amide bonds. The summed E-state index contributed by atoms with van der Waals surface area (Å²) in [6, 6.07) is 2.02. The van der Waals surface area contributed by atoms with E-state index in [0.29, 0.717) is 6.42 Å². The van der Waals surface area contributed by atoms with Crippen LogP contribution in [0.25, 0.3) is 0 Å². The van der Waals surface area contributed by atoms with Crippen LogP contribution in [0.15, 0.2) is 12.3 Å². The van der Waals surface area contributed by atoms with Crippen LogP contribution in [0.2, 0.25) is 0 Å². The first-order chi connectivity index (χ1) is 5.59.